The van der Waals surface area contributed by atoms with Gasteiger partial charge in [0.15, 0.2) is 0 Å². The van der Waals surface area contributed by atoms with Crippen molar-refractivity contribution in [3.63, 3.8) is 0 Å². The van der Waals surface area contributed by atoms with Crippen LogP contribution in [0.15, 0.2) is 29.2 Å². The molecule has 1 heterocycles. The van der Waals surface area contributed by atoms with Crippen LogP contribution in [0.25, 0.3) is 0 Å². The number of rotatable bonds is 4. The summed E-state index contributed by atoms with van der Waals surface area (Å²) in [5.41, 5.74) is 0.768. The van der Waals surface area contributed by atoms with E-state index in [0.717, 1.165) is 23.4 Å². The topological polar surface area (TPSA) is 70.7 Å². The summed E-state index contributed by atoms with van der Waals surface area (Å²) >= 11 is 1.66. The van der Waals surface area contributed by atoms with Crippen LogP contribution in [0.1, 0.15) is 19.8 Å². The van der Waals surface area contributed by atoms with Crippen LogP contribution in [-0.4, -0.2) is 49.0 Å². The number of urea groups is 1. The fourth-order valence-electron chi connectivity index (χ4n) is 2.45. The van der Waals surface area contributed by atoms with Crippen molar-refractivity contribution in [2.45, 2.75) is 30.7 Å². The molecule has 3 amide bonds. The number of benzene rings is 1. The third-order valence-corrected chi connectivity index (χ3v) is 4.45. The Morgan fingerprint density at radius 2 is 1.91 bits per heavy atom. The van der Waals surface area contributed by atoms with E-state index in [1.165, 1.54) is 0 Å². The fourth-order valence-corrected chi connectivity index (χ4v) is 2.86. The van der Waals surface area contributed by atoms with E-state index < -0.39 is 0 Å². The van der Waals surface area contributed by atoms with E-state index in [1.54, 1.807) is 23.6 Å². The van der Waals surface area contributed by atoms with Crippen LogP contribution < -0.4 is 10.6 Å². The van der Waals surface area contributed by atoms with E-state index in [-0.39, 0.29) is 18.2 Å². The highest BCUT2D eigenvalue weighted by Gasteiger charge is 2.24. The number of amides is 3. The Kier molecular flexibility index (Phi) is 6.58. The Balaban J connectivity index is 1.75. The van der Waals surface area contributed by atoms with Crippen LogP contribution in [0, 0.1) is 0 Å². The Morgan fingerprint density at radius 1 is 1.26 bits per heavy atom. The van der Waals surface area contributed by atoms with E-state index in [4.69, 9.17) is 4.74 Å². The molecule has 0 spiro atoms. The molecule has 0 radical (unpaired) electrons. The van der Waals surface area contributed by atoms with E-state index >= 15 is 0 Å². The lowest BCUT2D eigenvalue weighted by Gasteiger charge is -2.31. The van der Waals surface area contributed by atoms with Gasteiger partial charge in [-0.05, 0) is 50.3 Å². The number of anilines is 1. The molecular formula is C16H23N3O3S. The first kappa shape index (κ1) is 17.5. The minimum atomic E-state index is -0.274. The third kappa shape index (κ3) is 5.35. The largest absolute Gasteiger partial charge is 0.450 e. The standard InChI is InChI=1S/C16H23N3O3S/c1-3-22-16(21)19-10-8-13(9-11-19)18-15(20)17-12-4-6-14(23-2)7-5-12/h4-7,13H,3,8-11H2,1-2H3,(H2,17,18,20). The smallest absolute Gasteiger partial charge is 0.409 e. The van der Waals surface area contributed by atoms with Crippen molar-refractivity contribution in [1.29, 1.82) is 0 Å². The summed E-state index contributed by atoms with van der Waals surface area (Å²) in [7, 11) is 0. The van der Waals surface area contributed by atoms with Crippen LogP contribution in [0.2, 0.25) is 0 Å². The number of carbonyl (C=O) groups is 2. The van der Waals surface area contributed by atoms with Gasteiger partial charge < -0.3 is 20.3 Å². The summed E-state index contributed by atoms with van der Waals surface area (Å²) in [5.74, 6) is 0. The van der Waals surface area contributed by atoms with Gasteiger partial charge in [-0.1, -0.05) is 0 Å². The van der Waals surface area contributed by atoms with Gasteiger partial charge in [0.05, 0.1) is 6.61 Å². The van der Waals surface area contributed by atoms with Crippen LogP contribution in [-0.2, 0) is 4.74 Å². The van der Waals surface area contributed by atoms with Crippen LogP contribution in [0.4, 0.5) is 15.3 Å². The van der Waals surface area contributed by atoms with Gasteiger partial charge in [-0.15, -0.1) is 11.8 Å². The van der Waals surface area contributed by atoms with Crippen molar-refractivity contribution < 1.29 is 14.3 Å². The molecule has 126 valence electrons. The molecule has 7 heteroatoms. The minimum Gasteiger partial charge on any atom is -0.450 e. The van der Waals surface area contributed by atoms with Crippen LogP contribution >= 0.6 is 11.8 Å². The summed E-state index contributed by atoms with van der Waals surface area (Å²) in [6.45, 7) is 3.38. The number of likely N-dealkylation sites (tertiary alicyclic amines) is 1. The zero-order valence-corrected chi connectivity index (χ0v) is 14.3. The Labute approximate surface area is 140 Å². The predicted molar refractivity (Wildman–Crippen MR) is 92.0 cm³/mol. The molecule has 1 aromatic carbocycles. The highest BCUT2D eigenvalue weighted by molar-refractivity contribution is 7.98. The Bertz CT molecular complexity index is 528. The SMILES string of the molecule is CCOC(=O)N1CCC(NC(=O)Nc2ccc(SC)cc2)CC1. The minimum absolute atomic E-state index is 0.0751. The van der Waals surface area contributed by atoms with Gasteiger partial charge in [-0.25, -0.2) is 9.59 Å². The normalized spacial score (nSPS) is 15.1. The molecular weight excluding hydrogens is 314 g/mol. The van der Waals surface area contributed by atoms with Crippen molar-refractivity contribution in [3.05, 3.63) is 24.3 Å². The van der Waals surface area contributed by atoms with Gasteiger partial charge >= 0.3 is 12.1 Å². The highest BCUT2D eigenvalue weighted by atomic mass is 32.2. The predicted octanol–water partition coefficient (Wildman–Crippen LogP) is 3.15. The molecule has 0 aromatic heterocycles. The van der Waals surface area contributed by atoms with Crippen molar-refractivity contribution >= 4 is 29.6 Å². The van der Waals surface area contributed by atoms with Gasteiger partial charge in [-0.2, -0.15) is 0 Å². The lowest BCUT2D eigenvalue weighted by molar-refractivity contribution is 0.0959. The molecule has 1 aliphatic heterocycles. The van der Waals surface area contributed by atoms with Gasteiger partial charge in [0, 0.05) is 29.7 Å². The first-order chi connectivity index (χ1) is 11.1. The second-order valence-corrected chi connectivity index (χ2v) is 6.17. The van der Waals surface area contributed by atoms with Crippen molar-refractivity contribution in [3.8, 4) is 0 Å². The van der Waals surface area contributed by atoms with Crippen molar-refractivity contribution in [2.24, 2.45) is 0 Å². The molecule has 2 rings (SSSR count). The molecule has 0 aliphatic carbocycles. The molecule has 0 bridgehead atoms. The zero-order valence-electron chi connectivity index (χ0n) is 13.5. The second-order valence-electron chi connectivity index (χ2n) is 5.29. The first-order valence-electron chi connectivity index (χ1n) is 7.75. The molecule has 1 aliphatic rings. The number of nitrogens with zero attached hydrogens (tertiary/aromatic N) is 1. The Morgan fingerprint density at radius 3 is 2.48 bits per heavy atom. The second kappa shape index (κ2) is 8.67. The molecule has 0 saturated carbocycles. The number of hydrogen-bond acceptors (Lipinski definition) is 4. The van der Waals surface area contributed by atoms with Crippen molar-refractivity contribution in [1.82, 2.24) is 10.2 Å². The summed E-state index contributed by atoms with van der Waals surface area (Å²) < 4.78 is 4.98. The molecule has 0 unspecified atom stereocenters. The monoisotopic (exact) mass is 337 g/mol. The van der Waals surface area contributed by atoms with E-state index in [0.29, 0.717) is 19.7 Å². The average Bonchev–Trinajstić information content (AvgIpc) is 2.56. The number of thioether (sulfide) groups is 1. The molecule has 1 fully saturated rings. The average molecular weight is 337 g/mol. The summed E-state index contributed by atoms with van der Waals surface area (Å²) in [4.78, 5) is 26.5. The van der Waals surface area contributed by atoms with Crippen LogP contribution in [0.5, 0.6) is 0 Å². The van der Waals surface area contributed by atoms with E-state index in [2.05, 4.69) is 10.6 Å². The quantitative estimate of drug-likeness (QED) is 0.828. The maximum atomic E-state index is 12.0. The molecule has 2 N–H and O–H groups in total. The maximum Gasteiger partial charge on any atom is 0.409 e. The fraction of sp³-hybridized carbons (Fsp3) is 0.500. The number of piperidine rings is 1. The molecule has 6 nitrogen and oxygen atoms in total. The number of ether oxygens (including phenoxy) is 1. The zero-order chi connectivity index (χ0) is 16.7. The van der Waals surface area contributed by atoms with Crippen molar-refractivity contribution in [2.75, 3.05) is 31.3 Å². The van der Waals surface area contributed by atoms with E-state index in [9.17, 15) is 9.59 Å². The number of carbonyl (C=O) groups excluding carboxylic acids is 2. The van der Waals surface area contributed by atoms with E-state index in [1.807, 2.05) is 30.5 Å². The van der Waals surface area contributed by atoms with Gasteiger partial charge in [0.2, 0.25) is 0 Å². The first-order valence-corrected chi connectivity index (χ1v) is 8.98. The lowest BCUT2D eigenvalue weighted by Crippen LogP contribution is -2.47. The molecule has 0 atom stereocenters. The molecule has 23 heavy (non-hydrogen) atoms. The molecule has 1 aromatic rings. The summed E-state index contributed by atoms with van der Waals surface area (Å²) in [5, 5.41) is 5.78. The van der Waals surface area contributed by atoms with Gasteiger partial charge in [0.25, 0.3) is 0 Å². The maximum absolute atomic E-state index is 12.0. The molecule has 1 saturated heterocycles. The summed E-state index contributed by atoms with van der Waals surface area (Å²) in [6, 6.07) is 7.57. The Hall–Kier alpha value is -1.89. The number of hydrogen-bond donors (Lipinski definition) is 2. The highest BCUT2D eigenvalue weighted by Crippen LogP contribution is 2.17. The number of nitrogens with one attached hydrogen (secondary N) is 2. The van der Waals surface area contributed by atoms with Crippen LogP contribution in [0.3, 0.4) is 0 Å². The van der Waals surface area contributed by atoms with Gasteiger partial charge in [-0.3, -0.25) is 0 Å². The third-order valence-electron chi connectivity index (χ3n) is 3.70. The lowest BCUT2D eigenvalue weighted by atomic mass is 10.1. The van der Waals surface area contributed by atoms with Gasteiger partial charge in [0.1, 0.15) is 0 Å². The summed E-state index contributed by atoms with van der Waals surface area (Å²) in [6.07, 6.45) is 3.21.